The minimum Gasteiger partial charge on any atom is -0.507 e. The first-order valence-electron chi connectivity index (χ1n) is 5.12. The highest BCUT2D eigenvalue weighted by Gasteiger charge is 1.96. The van der Waals surface area contributed by atoms with Gasteiger partial charge in [-0.2, -0.15) is 5.26 Å². The summed E-state index contributed by atoms with van der Waals surface area (Å²) in [7, 11) is 0. The van der Waals surface area contributed by atoms with Crippen molar-refractivity contribution in [2.45, 2.75) is 0 Å². The Balaban J connectivity index is 2.27. The third-order valence-electron chi connectivity index (χ3n) is 2.26. The molecule has 2 aromatic carbocycles. The Hall–Kier alpha value is -2.60. The van der Waals surface area contributed by atoms with Gasteiger partial charge in [-0.3, -0.25) is 4.99 Å². The molecule has 82 valence electrons. The molecule has 0 aliphatic carbocycles. The van der Waals surface area contributed by atoms with Crippen LogP contribution < -0.4 is 0 Å². The number of nitrogens with zero attached hydrogens (tertiary/aromatic N) is 2. The summed E-state index contributed by atoms with van der Waals surface area (Å²) in [5, 5.41) is 18.3. The lowest BCUT2D eigenvalue weighted by molar-refractivity contribution is 0.474. The number of hydrogen-bond donors (Lipinski definition) is 1. The number of rotatable bonds is 2. The fourth-order valence-corrected chi connectivity index (χ4v) is 1.40. The van der Waals surface area contributed by atoms with Crippen LogP contribution in [0.4, 0.5) is 5.69 Å². The molecule has 0 saturated heterocycles. The van der Waals surface area contributed by atoms with Gasteiger partial charge in [0.1, 0.15) is 5.75 Å². The van der Waals surface area contributed by atoms with Gasteiger partial charge >= 0.3 is 0 Å². The SMILES string of the molecule is N#Cc1cccc(/N=C/c2ccccc2O)c1. The standard InChI is InChI=1S/C14H10N2O/c15-9-11-4-3-6-13(8-11)16-10-12-5-1-2-7-14(12)17/h1-8,10,17H/b16-10+. The Labute approximate surface area is 99.3 Å². The molecule has 1 N–H and O–H groups in total. The van der Waals surface area contributed by atoms with E-state index in [-0.39, 0.29) is 5.75 Å². The summed E-state index contributed by atoms with van der Waals surface area (Å²) in [6.07, 6.45) is 1.58. The third-order valence-corrected chi connectivity index (χ3v) is 2.26. The fourth-order valence-electron chi connectivity index (χ4n) is 1.40. The van der Waals surface area contributed by atoms with Crippen LogP contribution in [0.5, 0.6) is 5.75 Å². The number of phenols is 1. The molecule has 0 aliphatic rings. The molecule has 3 heteroatoms. The second-order valence-electron chi connectivity index (χ2n) is 3.48. The van der Waals surface area contributed by atoms with Crippen LogP contribution >= 0.6 is 0 Å². The normalized spacial score (nSPS) is 10.3. The molecule has 0 atom stereocenters. The summed E-state index contributed by atoms with van der Waals surface area (Å²) in [4.78, 5) is 4.21. The van der Waals surface area contributed by atoms with Gasteiger partial charge in [-0.25, -0.2) is 0 Å². The lowest BCUT2D eigenvalue weighted by atomic mass is 10.2. The van der Waals surface area contributed by atoms with Gasteiger partial charge in [-0.1, -0.05) is 18.2 Å². The number of aliphatic imine (C=N–C) groups is 1. The number of hydrogen-bond acceptors (Lipinski definition) is 3. The van der Waals surface area contributed by atoms with Crippen LogP contribution in [-0.2, 0) is 0 Å². The van der Waals surface area contributed by atoms with Crippen molar-refractivity contribution in [3.8, 4) is 11.8 Å². The molecule has 2 aromatic rings. The Bertz CT molecular complexity index is 597. The monoisotopic (exact) mass is 222 g/mol. The molecular weight excluding hydrogens is 212 g/mol. The second-order valence-corrected chi connectivity index (χ2v) is 3.48. The molecule has 0 amide bonds. The van der Waals surface area contributed by atoms with Crippen molar-refractivity contribution in [3.63, 3.8) is 0 Å². The predicted octanol–water partition coefficient (Wildman–Crippen LogP) is 3.01. The van der Waals surface area contributed by atoms with Crippen molar-refractivity contribution in [1.29, 1.82) is 5.26 Å². The van der Waals surface area contributed by atoms with Crippen LogP contribution in [-0.4, -0.2) is 11.3 Å². The van der Waals surface area contributed by atoms with E-state index in [1.165, 1.54) is 0 Å². The van der Waals surface area contributed by atoms with Gasteiger partial charge in [0.2, 0.25) is 0 Å². The predicted molar refractivity (Wildman–Crippen MR) is 66.5 cm³/mol. The number of nitriles is 1. The summed E-state index contributed by atoms with van der Waals surface area (Å²) in [6.45, 7) is 0. The average molecular weight is 222 g/mol. The van der Waals surface area contributed by atoms with Crippen LogP contribution in [0, 0.1) is 11.3 Å². The lowest BCUT2D eigenvalue weighted by Crippen LogP contribution is -1.81. The van der Waals surface area contributed by atoms with E-state index in [0.29, 0.717) is 16.8 Å². The van der Waals surface area contributed by atoms with E-state index < -0.39 is 0 Å². The molecule has 0 aliphatic heterocycles. The van der Waals surface area contributed by atoms with Crippen LogP contribution in [0.15, 0.2) is 53.5 Å². The van der Waals surface area contributed by atoms with E-state index in [2.05, 4.69) is 11.1 Å². The van der Waals surface area contributed by atoms with E-state index in [4.69, 9.17) is 5.26 Å². The molecule has 0 unspecified atom stereocenters. The van der Waals surface area contributed by atoms with Crippen LogP contribution in [0.1, 0.15) is 11.1 Å². The van der Waals surface area contributed by atoms with Gasteiger partial charge in [-0.15, -0.1) is 0 Å². The first kappa shape index (κ1) is 10.9. The third kappa shape index (κ3) is 2.70. The Kier molecular flexibility index (Phi) is 3.18. The van der Waals surface area contributed by atoms with Crippen molar-refractivity contribution in [2.75, 3.05) is 0 Å². The number of para-hydroxylation sites is 1. The fraction of sp³-hybridized carbons (Fsp3) is 0. The Morgan fingerprint density at radius 3 is 2.71 bits per heavy atom. The van der Waals surface area contributed by atoms with Crippen LogP contribution in [0.2, 0.25) is 0 Å². The van der Waals surface area contributed by atoms with Crippen LogP contribution in [0.25, 0.3) is 0 Å². The van der Waals surface area contributed by atoms with Gasteiger partial charge in [0, 0.05) is 11.8 Å². The van der Waals surface area contributed by atoms with Crippen molar-refractivity contribution in [3.05, 3.63) is 59.7 Å². The second kappa shape index (κ2) is 4.95. The zero-order valence-electron chi connectivity index (χ0n) is 9.04. The summed E-state index contributed by atoms with van der Waals surface area (Å²) in [5.74, 6) is 0.188. The topological polar surface area (TPSA) is 56.4 Å². The lowest BCUT2D eigenvalue weighted by Gasteiger charge is -1.97. The molecule has 17 heavy (non-hydrogen) atoms. The van der Waals surface area contributed by atoms with E-state index in [9.17, 15) is 5.11 Å². The first-order chi connectivity index (χ1) is 8.29. The van der Waals surface area contributed by atoms with Crippen molar-refractivity contribution < 1.29 is 5.11 Å². The summed E-state index contributed by atoms with van der Waals surface area (Å²) in [5.41, 5.74) is 1.90. The largest absolute Gasteiger partial charge is 0.507 e. The van der Waals surface area contributed by atoms with E-state index in [1.807, 2.05) is 6.07 Å². The van der Waals surface area contributed by atoms with Crippen molar-refractivity contribution in [2.24, 2.45) is 4.99 Å². The Morgan fingerprint density at radius 2 is 1.94 bits per heavy atom. The van der Waals surface area contributed by atoms with E-state index >= 15 is 0 Å². The quantitative estimate of drug-likeness (QED) is 0.794. The summed E-state index contributed by atoms with van der Waals surface area (Å²) < 4.78 is 0. The molecule has 0 saturated carbocycles. The number of phenolic OH excluding ortho intramolecular Hbond substituents is 1. The molecule has 0 bridgehead atoms. The average Bonchev–Trinajstić information content (AvgIpc) is 2.38. The van der Waals surface area contributed by atoms with Gasteiger partial charge in [0.15, 0.2) is 0 Å². The van der Waals surface area contributed by atoms with Crippen molar-refractivity contribution >= 4 is 11.9 Å². The Morgan fingerprint density at radius 1 is 1.12 bits per heavy atom. The van der Waals surface area contributed by atoms with E-state index in [1.54, 1.807) is 48.7 Å². The first-order valence-corrected chi connectivity index (χ1v) is 5.12. The van der Waals surface area contributed by atoms with Gasteiger partial charge in [-0.05, 0) is 30.3 Å². The highest BCUT2D eigenvalue weighted by atomic mass is 16.3. The minimum absolute atomic E-state index is 0.188. The van der Waals surface area contributed by atoms with Crippen LogP contribution in [0.3, 0.4) is 0 Å². The maximum Gasteiger partial charge on any atom is 0.124 e. The molecule has 3 nitrogen and oxygen atoms in total. The molecule has 0 fully saturated rings. The highest BCUT2D eigenvalue weighted by molar-refractivity contribution is 5.85. The van der Waals surface area contributed by atoms with E-state index in [0.717, 1.165) is 0 Å². The molecule has 0 spiro atoms. The molecule has 0 aromatic heterocycles. The summed E-state index contributed by atoms with van der Waals surface area (Å²) in [6, 6.07) is 16.0. The number of benzene rings is 2. The maximum absolute atomic E-state index is 9.55. The highest BCUT2D eigenvalue weighted by Crippen LogP contribution is 2.17. The van der Waals surface area contributed by atoms with Gasteiger partial charge < -0.3 is 5.11 Å². The van der Waals surface area contributed by atoms with Gasteiger partial charge in [0.05, 0.1) is 17.3 Å². The number of aromatic hydroxyl groups is 1. The van der Waals surface area contributed by atoms with Crippen molar-refractivity contribution in [1.82, 2.24) is 0 Å². The maximum atomic E-state index is 9.55. The molecule has 2 rings (SSSR count). The molecule has 0 radical (unpaired) electrons. The smallest absolute Gasteiger partial charge is 0.124 e. The minimum atomic E-state index is 0.188. The molecular formula is C14H10N2O. The molecule has 0 heterocycles. The summed E-state index contributed by atoms with van der Waals surface area (Å²) >= 11 is 0. The van der Waals surface area contributed by atoms with Gasteiger partial charge in [0.25, 0.3) is 0 Å². The zero-order valence-corrected chi connectivity index (χ0v) is 9.04. The zero-order chi connectivity index (χ0) is 12.1.